The minimum Gasteiger partial charge on any atom is -0.448 e. The van der Waals surface area contributed by atoms with Crippen molar-refractivity contribution in [2.24, 2.45) is 0 Å². The molecule has 1 aromatic carbocycles. The Morgan fingerprint density at radius 3 is 2.95 bits per heavy atom. The summed E-state index contributed by atoms with van der Waals surface area (Å²) in [7, 11) is 0. The molecular formula is C15H13NO3S. The van der Waals surface area contributed by atoms with E-state index in [1.807, 2.05) is 29.6 Å². The SMILES string of the molecule is O=C1O[C@@H](C(=O)NCc2cccs2)Cc2ccccc21. The van der Waals surface area contributed by atoms with Crippen LogP contribution in [0.25, 0.3) is 0 Å². The number of nitrogens with one attached hydrogen (secondary N) is 1. The summed E-state index contributed by atoms with van der Waals surface area (Å²) in [6.07, 6.45) is -0.310. The Hall–Kier alpha value is -2.14. The lowest BCUT2D eigenvalue weighted by atomic mass is 9.98. The zero-order valence-electron chi connectivity index (χ0n) is 10.7. The Bertz CT molecular complexity index is 636. The summed E-state index contributed by atoms with van der Waals surface area (Å²) in [5.41, 5.74) is 1.41. The fraction of sp³-hybridized carbons (Fsp3) is 0.200. The van der Waals surface area contributed by atoms with Crippen LogP contribution in [0.15, 0.2) is 41.8 Å². The average molecular weight is 287 g/mol. The van der Waals surface area contributed by atoms with E-state index < -0.39 is 12.1 Å². The summed E-state index contributed by atoms with van der Waals surface area (Å²) in [6.45, 7) is 0.464. The number of benzene rings is 1. The zero-order valence-corrected chi connectivity index (χ0v) is 11.5. The van der Waals surface area contributed by atoms with Crippen LogP contribution in [0.1, 0.15) is 20.8 Å². The van der Waals surface area contributed by atoms with Crippen LogP contribution < -0.4 is 5.32 Å². The maximum absolute atomic E-state index is 12.1. The predicted octanol–water partition coefficient (Wildman–Crippen LogP) is 2.15. The summed E-state index contributed by atoms with van der Waals surface area (Å²) in [6, 6.07) is 11.1. The van der Waals surface area contributed by atoms with Crippen molar-refractivity contribution in [3.8, 4) is 0 Å². The Morgan fingerprint density at radius 2 is 2.15 bits per heavy atom. The first kappa shape index (κ1) is 12.9. The second-order valence-corrected chi connectivity index (χ2v) is 5.58. The topological polar surface area (TPSA) is 55.4 Å². The van der Waals surface area contributed by atoms with E-state index in [1.54, 1.807) is 23.5 Å². The van der Waals surface area contributed by atoms with Gasteiger partial charge in [-0.15, -0.1) is 11.3 Å². The van der Waals surface area contributed by atoms with Crippen LogP contribution >= 0.6 is 11.3 Å². The Kier molecular flexibility index (Phi) is 3.52. The highest BCUT2D eigenvalue weighted by molar-refractivity contribution is 7.09. The molecule has 5 heteroatoms. The fourth-order valence-electron chi connectivity index (χ4n) is 2.18. The first-order valence-corrected chi connectivity index (χ1v) is 7.21. The number of carbonyl (C=O) groups is 2. The van der Waals surface area contributed by atoms with Gasteiger partial charge in [0.15, 0.2) is 6.10 Å². The Balaban J connectivity index is 1.67. The third kappa shape index (κ3) is 2.58. The minimum atomic E-state index is -0.739. The third-order valence-electron chi connectivity index (χ3n) is 3.20. The van der Waals surface area contributed by atoms with Gasteiger partial charge in [-0.05, 0) is 23.1 Å². The number of hydrogen-bond donors (Lipinski definition) is 1. The Morgan fingerprint density at radius 1 is 1.30 bits per heavy atom. The summed E-state index contributed by atoms with van der Waals surface area (Å²) in [5.74, 6) is -0.677. The highest BCUT2D eigenvalue weighted by Gasteiger charge is 2.30. The minimum absolute atomic E-state index is 0.249. The molecule has 1 N–H and O–H groups in total. The molecule has 0 fully saturated rings. The molecule has 1 aliphatic rings. The van der Waals surface area contributed by atoms with Gasteiger partial charge in [-0.1, -0.05) is 24.3 Å². The maximum atomic E-state index is 12.1. The smallest absolute Gasteiger partial charge is 0.339 e. The van der Waals surface area contributed by atoms with Crippen molar-refractivity contribution in [3.05, 3.63) is 57.8 Å². The molecule has 0 spiro atoms. The number of thiophene rings is 1. The molecule has 102 valence electrons. The molecule has 0 bridgehead atoms. The monoisotopic (exact) mass is 287 g/mol. The van der Waals surface area contributed by atoms with Crippen molar-refractivity contribution >= 4 is 23.2 Å². The highest BCUT2D eigenvalue weighted by atomic mass is 32.1. The summed E-state index contributed by atoms with van der Waals surface area (Å²) < 4.78 is 5.20. The molecule has 0 saturated heterocycles. The maximum Gasteiger partial charge on any atom is 0.339 e. The van der Waals surface area contributed by atoms with Gasteiger partial charge >= 0.3 is 5.97 Å². The number of rotatable bonds is 3. The van der Waals surface area contributed by atoms with Crippen molar-refractivity contribution in [2.45, 2.75) is 19.1 Å². The molecule has 4 nitrogen and oxygen atoms in total. The average Bonchev–Trinajstić information content (AvgIpc) is 2.98. The van der Waals surface area contributed by atoms with Crippen LogP contribution in [0.2, 0.25) is 0 Å². The third-order valence-corrected chi connectivity index (χ3v) is 4.08. The van der Waals surface area contributed by atoms with Gasteiger partial charge in [0.1, 0.15) is 0 Å². The van der Waals surface area contributed by atoms with Gasteiger partial charge in [-0.25, -0.2) is 4.79 Å². The molecule has 2 aromatic rings. The van der Waals surface area contributed by atoms with Crippen LogP contribution in [0.5, 0.6) is 0 Å². The predicted molar refractivity (Wildman–Crippen MR) is 75.5 cm³/mol. The van der Waals surface area contributed by atoms with Gasteiger partial charge in [0.25, 0.3) is 5.91 Å². The molecule has 1 atom stereocenters. The van der Waals surface area contributed by atoms with Crippen LogP contribution in [0.4, 0.5) is 0 Å². The van der Waals surface area contributed by atoms with Gasteiger partial charge in [-0.2, -0.15) is 0 Å². The van der Waals surface area contributed by atoms with Crippen LogP contribution in [-0.2, 0) is 22.5 Å². The van der Waals surface area contributed by atoms with E-state index >= 15 is 0 Å². The number of amides is 1. The van der Waals surface area contributed by atoms with Gasteiger partial charge in [0.2, 0.25) is 0 Å². The Labute approximate surface area is 120 Å². The second kappa shape index (κ2) is 5.46. The van der Waals surface area contributed by atoms with Gasteiger partial charge in [0, 0.05) is 11.3 Å². The molecule has 1 aromatic heterocycles. The van der Waals surface area contributed by atoms with E-state index in [2.05, 4.69) is 5.32 Å². The van der Waals surface area contributed by atoms with Crippen LogP contribution in [0.3, 0.4) is 0 Å². The summed E-state index contributed by atoms with van der Waals surface area (Å²) in [5, 5.41) is 4.76. The highest BCUT2D eigenvalue weighted by Crippen LogP contribution is 2.20. The lowest BCUT2D eigenvalue weighted by Gasteiger charge is -2.23. The number of esters is 1. The van der Waals surface area contributed by atoms with E-state index in [0.29, 0.717) is 18.5 Å². The molecule has 0 radical (unpaired) electrons. The van der Waals surface area contributed by atoms with E-state index in [0.717, 1.165) is 10.4 Å². The van der Waals surface area contributed by atoms with Crippen molar-refractivity contribution in [1.29, 1.82) is 0 Å². The number of cyclic esters (lactones) is 1. The lowest BCUT2D eigenvalue weighted by Crippen LogP contribution is -2.41. The van der Waals surface area contributed by atoms with Crippen LogP contribution in [-0.4, -0.2) is 18.0 Å². The van der Waals surface area contributed by atoms with E-state index in [1.165, 1.54) is 0 Å². The first-order chi connectivity index (χ1) is 9.74. The van der Waals surface area contributed by atoms with E-state index in [4.69, 9.17) is 4.74 Å². The number of ether oxygens (including phenoxy) is 1. The summed E-state index contributed by atoms with van der Waals surface area (Å²) >= 11 is 1.58. The van der Waals surface area contributed by atoms with Crippen molar-refractivity contribution in [1.82, 2.24) is 5.32 Å². The molecule has 0 saturated carbocycles. The summed E-state index contributed by atoms with van der Waals surface area (Å²) in [4.78, 5) is 25.0. The fourth-order valence-corrected chi connectivity index (χ4v) is 2.82. The molecule has 0 aliphatic carbocycles. The number of carbonyl (C=O) groups excluding carboxylic acids is 2. The molecule has 2 heterocycles. The van der Waals surface area contributed by atoms with E-state index in [-0.39, 0.29) is 5.91 Å². The molecule has 3 rings (SSSR count). The molecule has 20 heavy (non-hydrogen) atoms. The van der Waals surface area contributed by atoms with Crippen molar-refractivity contribution in [2.75, 3.05) is 0 Å². The van der Waals surface area contributed by atoms with Crippen molar-refractivity contribution < 1.29 is 14.3 Å². The molecule has 1 aliphatic heterocycles. The second-order valence-electron chi connectivity index (χ2n) is 4.55. The van der Waals surface area contributed by atoms with Crippen molar-refractivity contribution in [3.63, 3.8) is 0 Å². The zero-order chi connectivity index (χ0) is 13.9. The number of hydrogen-bond acceptors (Lipinski definition) is 4. The van der Waals surface area contributed by atoms with E-state index in [9.17, 15) is 9.59 Å². The van der Waals surface area contributed by atoms with Gasteiger partial charge in [0.05, 0.1) is 12.1 Å². The standard InChI is InChI=1S/C15H13NO3S/c17-14(16-9-11-5-3-7-20-11)13-8-10-4-1-2-6-12(10)15(18)19-13/h1-7,13H,8-9H2,(H,16,17)/t13-/m1/s1. The molecular weight excluding hydrogens is 274 g/mol. The largest absolute Gasteiger partial charge is 0.448 e. The quantitative estimate of drug-likeness (QED) is 0.880. The molecule has 1 amide bonds. The first-order valence-electron chi connectivity index (χ1n) is 6.33. The van der Waals surface area contributed by atoms with Gasteiger partial charge in [-0.3, -0.25) is 4.79 Å². The molecule has 0 unspecified atom stereocenters. The number of fused-ring (bicyclic) bond motifs is 1. The van der Waals surface area contributed by atoms with Crippen LogP contribution in [0, 0.1) is 0 Å². The van der Waals surface area contributed by atoms with Gasteiger partial charge < -0.3 is 10.1 Å². The lowest BCUT2D eigenvalue weighted by molar-refractivity contribution is -0.130. The normalized spacial score (nSPS) is 17.2.